The lowest BCUT2D eigenvalue weighted by Gasteiger charge is -2.25. The van der Waals surface area contributed by atoms with Crippen molar-refractivity contribution in [3.63, 3.8) is 0 Å². The Hall–Kier alpha value is -4.17. The van der Waals surface area contributed by atoms with Gasteiger partial charge < -0.3 is 28.6 Å². The molecule has 298 valence electrons. The molecule has 0 aliphatic rings. The second-order valence-corrected chi connectivity index (χ2v) is 14.6. The molecule has 0 aliphatic carbocycles. The fourth-order valence-corrected chi connectivity index (χ4v) is 6.70. The fraction of sp³-hybridized carbons (Fsp3) is 0.558. The summed E-state index contributed by atoms with van der Waals surface area (Å²) in [5, 5.41) is 28.0. The fourth-order valence-electron chi connectivity index (χ4n) is 5.83. The number of esters is 1. The zero-order chi connectivity index (χ0) is 39.5. The number of benzene rings is 2. The second kappa shape index (κ2) is 27.4. The third-order valence-electron chi connectivity index (χ3n) is 9.03. The van der Waals surface area contributed by atoms with E-state index >= 15 is 0 Å². The van der Waals surface area contributed by atoms with Crippen LogP contribution in [0, 0.1) is 42.4 Å². The number of carbonyl (C=O) groups is 1. The summed E-state index contributed by atoms with van der Waals surface area (Å²) < 4.78 is 28.0. The lowest BCUT2D eigenvalue weighted by molar-refractivity contribution is -0.146. The maximum absolute atomic E-state index is 12.1. The number of hydrogen-bond acceptors (Lipinski definition) is 12. The van der Waals surface area contributed by atoms with Crippen molar-refractivity contribution in [1.29, 1.82) is 10.5 Å². The Balaban J connectivity index is 1.27. The largest absolute Gasteiger partial charge is 0.463 e. The van der Waals surface area contributed by atoms with Crippen LogP contribution in [0.5, 0.6) is 0 Å². The van der Waals surface area contributed by atoms with Crippen molar-refractivity contribution < 1.29 is 28.5 Å². The van der Waals surface area contributed by atoms with Crippen molar-refractivity contribution in [1.82, 2.24) is 0 Å². The van der Waals surface area contributed by atoms with E-state index in [2.05, 4.69) is 59.3 Å². The number of azo groups is 1. The first-order valence-electron chi connectivity index (χ1n) is 19.6. The molecule has 0 bridgehead atoms. The minimum absolute atomic E-state index is 0.148. The van der Waals surface area contributed by atoms with Gasteiger partial charge in [-0.2, -0.15) is 10.5 Å². The predicted molar refractivity (Wildman–Crippen MR) is 217 cm³/mol. The molecule has 1 unspecified atom stereocenters. The summed E-state index contributed by atoms with van der Waals surface area (Å²) in [5.74, 6) is 0.206. The van der Waals surface area contributed by atoms with E-state index in [4.69, 9.17) is 23.7 Å². The van der Waals surface area contributed by atoms with Crippen LogP contribution in [0.1, 0.15) is 92.3 Å². The summed E-state index contributed by atoms with van der Waals surface area (Å²) in [6.45, 7) is 13.4. The SMILES string of the molecule is CCCCCCCCC(C)CC(=O)OCCOCCOCCOCCOCCN(Cc1ccccc1)c1ccc(N=Nc2sc(C#N)c(C)c2C#N)c(C)c1. The number of thiophene rings is 1. The van der Waals surface area contributed by atoms with Gasteiger partial charge in [0, 0.05) is 25.2 Å². The van der Waals surface area contributed by atoms with Crippen molar-refractivity contribution in [3.8, 4) is 12.1 Å². The van der Waals surface area contributed by atoms with Crippen LogP contribution in [0.15, 0.2) is 58.8 Å². The standard InChI is InChI=1S/C43H59N5O6S/c1-5-6-7-8-9-11-14-34(2)29-42(49)54-28-27-53-26-25-52-24-23-51-22-21-50-20-19-48(33-37-15-12-10-13-16-37)38-17-18-40(35(3)30-38)46-47-43-39(31-44)36(4)41(32-45)55-43/h10,12-13,15-18,30,34H,5-9,11,14,19-29,33H2,1-4H3. The van der Waals surface area contributed by atoms with Gasteiger partial charge in [-0.15, -0.1) is 21.6 Å². The normalized spacial score (nSPS) is 11.7. The Kier molecular flexibility index (Phi) is 22.5. The number of unbranched alkanes of at least 4 members (excludes halogenated alkanes) is 5. The third-order valence-corrected chi connectivity index (χ3v) is 10.1. The van der Waals surface area contributed by atoms with Crippen LogP contribution in [-0.4, -0.2) is 72.0 Å². The van der Waals surface area contributed by atoms with E-state index in [1.54, 1.807) is 6.92 Å². The van der Waals surface area contributed by atoms with Crippen molar-refractivity contribution in [2.24, 2.45) is 16.1 Å². The quantitative estimate of drug-likeness (QED) is 0.0383. The van der Waals surface area contributed by atoms with Crippen LogP contribution in [0.25, 0.3) is 0 Å². The number of nitriles is 2. The van der Waals surface area contributed by atoms with E-state index < -0.39 is 0 Å². The molecule has 11 nitrogen and oxygen atoms in total. The highest BCUT2D eigenvalue weighted by molar-refractivity contribution is 7.16. The molecule has 0 fully saturated rings. The molecule has 0 N–H and O–H groups in total. The Morgan fingerprint density at radius 3 is 2.07 bits per heavy atom. The Morgan fingerprint density at radius 1 is 0.800 bits per heavy atom. The Bertz CT molecular complexity index is 1650. The highest BCUT2D eigenvalue weighted by atomic mass is 32.1. The number of nitrogens with zero attached hydrogens (tertiary/aromatic N) is 5. The average molecular weight is 774 g/mol. The molecule has 0 spiro atoms. The van der Waals surface area contributed by atoms with Gasteiger partial charge in [0.2, 0.25) is 0 Å². The molecule has 12 heteroatoms. The van der Waals surface area contributed by atoms with Gasteiger partial charge in [0.25, 0.3) is 0 Å². The molecular formula is C43H59N5O6S. The van der Waals surface area contributed by atoms with Crippen molar-refractivity contribution in [2.75, 3.05) is 70.9 Å². The van der Waals surface area contributed by atoms with Crippen LogP contribution in [0.2, 0.25) is 0 Å². The van der Waals surface area contributed by atoms with Gasteiger partial charge in [0.15, 0.2) is 5.00 Å². The van der Waals surface area contributed by atoms with E-state index in [0.29, 0.717) is 105 Å². The van der Waals surface area contributed by atoms with E-state index in [0.717, 1.165) is 17.7 Å². The molecule has 1 atom stereocenters. The van der Waals surface area contributed by atoms with Crippen molar-refractivity contribution >= 4 is 33.7 Å². The molecule has 2 aromatic carbocycles. The molecule has 1 aromatic heterocycles. The summed E-state index contributed by atoms with van der Waals surface area (Å²) in [7, 11) is 0. The minimum atomic E-state index is -0.148. The first kappa shape index (κ1) is 45.2. The van der Waals surface area contributed by atoms with Crippen molar-refractivity contribution in [2.45, 2.75) is 85.6 Å². The summed E-state index contributed by atoms with van der Waals surface area (Å²) in [5.41, 5.74) is 4.88. The van der Waals surface area contributed by atoms with Gasteiger partial charge in [-0.1, -0.05) is 89.1 Å². The number of rotatable bonds is 29. The van der Waals surface area contributed by atoms with Gasteiger partial charge in [0.1, 0.15) is 23.6 Å². The molecule has 1 heterocycles. The molecule has 0 aliphatic heterocycles. The summed E-state index contributed by atoms with van der Waals surface area (Å²) in [6, 6.07) is 20.6. The van der Waals surface area contributed by atoms with Crippen LogP contribution >= 0.6 is 11.3 Å². The predicted octanol–water partition coefficient (Wildman–Crippen LogP) is 9.92. The summed E-state index contributed by atoms with van der Waals surface area (Å²) in [6.07, 6.45) is 9.15. The van der Waals surface area contributed by atoms with Gasteiger partial charge in [0.05, 0.1) is 64.1 Å². The molecule has 0 saturated carbocycles. The number of hydrogen-bond donors (Lipinski definition) is 0. The molecule has 0 amide bonds. The van der Waals surface area contributed by atoms with E-state index in [1.165, 1.54) is 55.4 Å². The molecule has 55 heavy (non-hydrogen) atoms. The Morgan fingerprint density at radius 2 is 1.44 bits per heavy atom. The minimum Gasteiger partial charge on any atom is -0.463 e. The lowest BCUT2D eigenvalue weighted by Crippen LogP contribution is -2.27. The second-order valence-electron chi connectivity index (χ2n) is 13.6. The number of ether oxygens (including phenoxy) is 5. The molecule has 3 aromatic rings. The molecule has 0 saturated heterocycles. The third kappa shape index (κ3) is 17.9. The van der Waals surface area contributed by atoms with Gasteiger partial charge in [-0.3, -0.25) is 4.79 Å². The van der Waals surface area contributed by atoms with Crippen LogP contribution in [0.3, 0.4) is 0 Å². The topological polar surface area (TPSA) is 139 Å². The van der Waals surface area contributed by atoms with Gasteiger partial charge in [-0.05, 0) is 54.7 Å². The highest BCUT2D eigenvalue weighted by Crippen LogP contribution is 2.36. The average Bonchev–Trinajstić information content (AvgIpc) is 3.50. The smallest absolute Gasteiger partial charge is 0.306 e. The summed E-state index contributed by atoms with van der Waals surface area (Å²) >= 11 is 1.17. The van der Waals surface area contributed by atoms with E-state index in [1.807, 2.05) is 37.3 Å². The molecule has 0 radical (unpaired) electrons. The van der Waals surface area contributed by atoms with Crippen LogP contribution < -0.4 is 4.90 Å². The van der Waals surface area contributed by atoms with Crippen LogP contribution in [-0.2, 0) is 35.0 Å². The Labute approximate surface area is 332 Å². The lowest BCUT2D eigenvalue weighted by atomic mass is 9.99. The molecule has 3 rings (SSSR count). The monoisotopic (exact) mass is 773 g/mol. The number of aryl methyl sites for hydroxylation is 1. The highest BCUT2D eigenvalue weighted by Gasteiger charge is 2.15. The van der Waals surface area contributed by atoms with Crippen molar-refractivity contribution in [3.05, 3.63) is 75.7 Å². The summed E-state index contributed by atoms with van der Waals surface area (Å²) in [4.78, 5) is 14.8. The van der Waals surface area contributed by atoms with Crippen LogP contribution in [0.4, 0.5) is 16.4 Å². The maximum Gasteiger partial charge on any atom is 0.306 e. The van der Waals surface area contributed by atoms with E-state index in [9.17, 15) is 15.3 Å². The number of anilines is 1. The zero-order valence-corrected chi connectivity index (χ0v) is 34.0. The number of carbonyl (C=O) groups excluding carboxylic acids is 1. The van der Waals surface area contributed by atoms with Gasteiger partial charge >= 0.3 is 5.97 Å². The first-order chi connectivity index (χ1) is 26.9. The molecular weight excluding hydrogens is 715 g/mol. The maximum atomic E-state index is 12.1. The first-order valence-corrected chi connectivity index (χ1v) is 20.4. The van der Waals surface area contributed by atoms with Gasteiger partial charge in [-0.25, -0.2) is 0 Å². The zero-order valence-electron chi connectivity index (χ0n) is 33.2. The van der Waals surface area contributed by atoms with E-state index in [-0.39, 0.29) is 12.6 Å².